The first kappa shape index (κ1) is 11.6. The zero-order valence-electron chi connectivity index (χ0n) is 10.1. The largest absolute Gasteiger partial charge is 0.391 e. The standard InChI is InChI=1S/C12H21N3O/c1-14(8-10-7-13-15(2)9-10)11-5-3-4-6-12(11)16/h7,9,11-12,16H,3-6,8H2,1-2H3/t11-,12-/m1/s1. The topological polar surface area (TPSA) is 41.3 Å². The summed E-state index contributed by atoms with van der Waals surface area (Å²) in [6, 6.07) is 0.314. The molecule has 1 aliphatic rings. The van der Waals surface area contributed by atoms with Crippen LogP contribution in [0, 0.1) is 0 Å². The Morgan fingerprint density at radius 3 is 2.88 bits per heavy atom. The van der Waals surface area contributed by atoms with Gasteiger partial charge in [-0.2, -0.15) is 5.10 Å². The van der Waals surface area contributed by atoms with Gasteiger partial charge < -0.3 is 5.11 Å². The maximum absolute atomic E-state index is 9.96. The molecule has 1 aromatic heterocycles. The molecule has 1 aromatic rings. The van der Waals surface area contributed by atoms with Crippen molar-refractivity contribution in [2.75, 3.05) is 7.05 Å². The number of aliphatic hydroxyl groups is 1. The quantitative estimate of drug-likeness (QED) is 0.836. The van der Waals surface area contributed by atoms with Gasteiger partial charge in [0.25, 0.3) is 0 Å². The second-order valence-electron chi connectivity index (χ2n) is 4.86. The molecule has 2 rings (SSSR count). The van der Waals surface area contributed by atoms with E-state index in [2.05, 4.69) is 17.0 Å². The molecule has 0 aliphatic heterocycles. The molecule has 16 heavy (non-hydrogen) atoms. The van der Waals surface area contributed by atoms with Gasteiger partial charge in [0.05, 0.1) is 12.3 Å². The van der Waals surface area contributed by atoms with Crippen LogP contribution in [-0.2, 0) is 13.6 Å². The van der Waals surface area contributed by atoms with E-state index in [9.17, 15) is 5.11 Å². The first-order valence-corrected chi connectivity index (χ1v) is 6.02. The first-order chi connectivity index (χ1) is 7.66. The van der Waals surface area contributed by atoms with Crippen molar-refractivity contribution in [3.05, 3.63) is 18.0 Å². The molecule has 0 aromatic carbocycles. The van der Waals surface area contributed by atoms with E-state index in [0.29, 0.717) is 6.04 Å². The number of likely N-dealkylation sites (N-methyl/N-ethyl adjacent to an activating group) is 1. The fourth-order valence-electron chi connectivity index (χ4n) is 2.56. The predicted molar refractivity (Wildman–Crippen MR) is 62.9 cm³/mol. The zero-order chi connectivity index (χ0) is 11.5. The van der Waals surface area contributed by atoms with E-state index >= 15 is 0 Å². The number of nitrogens with zero attached hydrogens (tertiary/aromatic N) is 3. The van der Waals surface area contributed by atoms with E-state index in [0.717, 1.165) is 19.4 Å². The van der Waals surface area contributed by atoms with Crippen LogP contribution in [0.15, 0.2) is 12.4 Å². The Bertz CT molecular complexity index is 337. The number of aryl methyl sites for hydroxylation is 1. The maximum atomic E-state index is 9.96. The summed E-state index contributed by atoms with van der Waals surface area (Å²) in [5.41, 5.74) is 1.21. The van der Waals surface area contributed by atoms with Gasteiger partial charge in [0.1, 0.15) is 0 Å². The predicted octanol–water partition coefficient (Wildman–Crippen LogP) is 1.16. The SMILES string of the molecule is CN(Cc1cnn(C)c1)[C@@H]1CCCC[C@H]1O. The van der Waals surface area contributed by atoms with Gasteiger partial charge in [0.2, 0.25) is 0 Å². The van der Waals surface area contributed by atoms with Gasteiger partial charge >= 0.3 is 0 Å². The van der Waals surface area contributed by atoms with Crippen LogP contribution < -0.4 is 0 Å². The Balaban J connectivity index is 1.93. The summed E-state index contributed by atoms with van der Waals surface area (Å²) in [7, 11) is 4.02. The molecule has 0 saturated heterocycles. The first-order valence-electron chi connectivity index (χ1n) is 6.02. The van der Waals surface area contributed by atoms with Crippen LogP contribution >= 0.6 is 0 Å². The molecular formula is C12H21N3O. The minimum absolute atomic E-state index is 0.157. The summed E-state index contributed by atoms with van der Waals surface area (Å²) >= 11 is 0. The Hall–Kier alpha value is -0.870. The molecule has 4 nitrogen and oxygen atoms in total. The van der Waals surface area contributed by atoms with E-state index in [1.54, 1.807) is 0 Å². The summed E-state index contributed by atoms with van der Waals surface area (Å²) in [6.45, 7) is 0.871. The van der Waals surface area contributed by atoms with E-state index in [-0.39, 0.29) is 6.10 Å². The second-order valence-corrected chi connectivity index (χ2v) is 4.86. The van der Waals surface area contributed by atoms with Crippen LogP contribution in [0.3, 0.4) is 0 Å². The van der Waals surface area contributed by atoms with Crippen molar-refractivity contribution in [3.63, 3.8) is 0 Å². The number of aliphatic hydroxyl groups excluding tert-OH is 1. The molecular weight excluding hydrogens is 202 g/mol. The normalized spacial score (nSPS) is 26.2. The molecule has 0 unspecified atom stereocenters. The highest BCUT2D eigenvalue weighted by atomic mass is 16.3. The maximum Gasteiger partial charge on any atom is 0.0695 e. The highest BCUT2D eigenvalue weighted by molar-refractivity contribution is 5.03. The zero-order valence-corrected chi connectivity index (χ0v) is 10.1. The average molecular weight is 223 g/mol. The average Bonchev–Trinajstić information content (AvgIpc) is 2.64. The van der Waals surface area contributed by atoms with Crippen molar-refractivity contribution < 1.29 is 5.11 Å². The molecule has 0 radical (unpaired) electrons. The molecule has 0 spiro atoms. The van der Waals surface area contributed by atoms with Crippen LogP contribution in [0.2, 0.25) is 0 Å². The lowest BCUT2D eigenvalue weighted by Crippen LogP contribution is -2.42. The third-order valence-electron chi connectivity index (χ3n) is 3.45. The van der Waals surface area contributed by atoms with Crippen LogP contribution in [0.4, 0.5) is 0 Å². The second kappa shape index (κ2) is 4.97. The molecule has 1 aliphatic carbocycles. The minimum Gasteiger partial charge on any atom is -0.391 e. The van der Waals surface area contributed by atoms with Gasteiger partial charge in [-0.1, -0.05) is 12.8 Å². The minimum atomic E-state index is -0.157. The van der Waals surface area contributed by atoms with Crippen LogP contribution in [0.1, 0.15) is 31.2 Å². The smallest absolute Gasteiger partial charge is 0.0695 e. The van der Waals surface area contributed by atoms with E-state index in [1.807, 2.05) is 24.1 Å². The van der Waals surface area contributed by atoms with Crippen LogP contribution in [0.25, 0.3) is 0 Å². The van der Waals surface area contributed by atoms with Gasteiger partial charge in [-0.05, 0) is 19.9 Å². The van der Waals surface area contributed by atoms with Crippen molar-refractivity contribution in [3.8, 4) is 0 Å². The Morgan fingerprint density at radius 1 is 1.50 bits per heavy atom. The van der Waals surface area contributed by atoms with Gasteiger partial charge in [0.15, 0.2) is 0 Å². The molecule has 1 fully saturated rings. The number of hydrogen-bond acceptors (Lipinski definition) is 3. The van der Waals surface area contributed by atoms with Gasteiger partial charge in [0, 0.05) is 31.4 Å². The fraction of sp³-hybridized carbons (Fsp3) is 0.750. The number of aromatic nitrogens is 2. The summed E-state index contributed by atoms with van der Waals surface area (Å²) in [5, 5.41) is 14.1. The van der Waals surface area contributed by atoms with Crippen molar-refractivity contribution >= 4 is 0 Å². The Labute approximate surface area is 96.9 Å². The van der Waals surface area contributed by atoms with Crippen LogP contribution in [0.5, 0.6) is 0 Å². The lowest BCUT2D eigenvalue weighted by atomic mass is 9.91. The van der Waals surface area contributed by atoms with Crippen molar-refractivity contribution in [1.29, 1.82) is 0 Å². The van der Waals surface area contributed by atoms with E-state index < -0.39 is 0 Å². The third kappa shape index (κ3) is 2.62. The molecule has 1 N–H and O–H groups in total. The molecule has 0 amide bonds. The van der Waals surface area contributed by atoms with Gasteiger partial charge in [-0.3, -0.25) is 9.58 Å². The van der Waals surface area contributed by atoms with E-state index in [4.69, 9.17) is 0 Å². The highest BCUT2D eigenvalue weighted by Crippen LogP contribution is 2.23. The highest BCUT2D eigenvalue weighted by Gasteiger charge is 2.26. The Kier molecular flexibility index (Phi) is 3.61. The molecule has 1 heterocycles. The summed E-state index contributed by atoms with van der Waals surface area (Å²) < 4.78 is 1.82. The summed E-state index contributed by atoms with van der Waals surface area (Å²) in [5.74, 6) is 0. The van der Waals surface area contributed by atoms with Crippen molar-refractivity contribution in [1.82, 2.24) is 14.7 Å². The Morgan fingerprint density at radius 2 is 2.25 bits per heavy atom. The third-order valence-corrected chi connectivity index (χ3v) is 3.45. The monoisotopic (exact) mass is 223 g/mol. The van der Waals surface area contributed by atoms with Crippen molar-refractivity contribution in [2.45, 2.75) is 44.4 Å². The number of rotatable bonds is 3. The van der Waals surface area contributed by atoms with Gasteiger partial charge in [-0.15, -0.1) is 0 Å². The van der Waals surface area contributed by atoms with E-state index in [1.165, 1.54) is 18.4 Å². The lowest BCUT2D eigenvalue weighted by Gasteiger charge is -2.34. The molecule has 90 valence electrons. The lowest BCUT2D eigenvalue weighted by molar-refractivity contribution is 0.0288. The molecule has 1 saturated carbocycles. The number of hydrogen-bond donors (Lipinski definition) is 1. The van der Waals surface area contributed by atoms with Gasteiger partial charge in [-0.25, -0.2) is 0 Å². The summed E-state index contributed by atoms with van der Waals surface area (Å²) in [6.07, 6.45) is 8.23. The molecule has 4 heteroatoms. The van der Waals surface area contributed by atoms with Crippen LogP contribution in [-0.4, -0.2) is 39.0 Å². The molecule has 0 bridgehead atoms. The van der Waals surface area contributed by atoms with Crippen molar-refractivity contribution in [2.24, 2.45) is 7.05 Å². The molecule has 2 atom stereocenters. The summed E-state index contributed by atoms with van der Waals surface area (Å²) in [4.78, 5) is 2.25. The fourth-order valence-corrected chi connectivity index (χ4v) is 2.56.